The molecule has 0 saturated heterocycles. The number of fused-ring (bicyclic) bond motifs is 2. The molecule has 4 nitrogen and oxygen atoms in total. The van der Waals surface area contributed by atoms with E-state index < -0.39 is 0 Å². The van der Waals surface area contributed by atoms with E-state index in [2.05, 4.69) is 0 Å². The summed E-state index contributed by atoms with van der Waals surface area (Å²) in [4.78, 5) is 0. The molecule has 0 aromatic heterocycles. The highest BCUT2D eigenvalue weighted by atomic mass is 16.6. The third kappa shape index (κ3) is 1.32. The van der Waals surface area contributed by atoms with Crippen molar-refractivity contribution in [1.29, 1.82) is 0 Å². The van der Waals surface area contributed by atoms with Gasteiger partial charge in [-0.3, -0.25) is 0 Å². The Labute approximate surface area is 91.3 Å². The van der Waals surface area contributed by atoms with Crippen LogP contribution in [0.25, 0.3) is 0 Å². The molecule has 2 aromatic rings. The van der Waals surface area contributed by atoms with Crippen LogP contribution in [0.1, 0.15) is 0 Å². The quantitative estimate of drug-likeness (QED) is 0.606. The zero-order valence-electron chi connectivity index (χ0n) is 8.18. The minimum absolute atomic E-state index is 0.103. The fourth-order valence-electron chi connectivity index (χ4n) is 1.56. The maximum Gasteiger partial charge on any atom is 0.173 e. The Morgan fingerprint density at radius 2 is 1.06 bits per heavy atom. The van der Waals surface area contributed by atoms with E-state index in [1.807, 2.05) is 0 Å². The van der Waals surface area contributed by atoms with Crippen molar-refractivity contribution < 1.29 is 19.7 Å². The van der Waals surface area contributed by atoms with E-state index in [-0.39, 0.29) is 11.5 Å². The first kappa shape index (κ1) is 8.91. The summed E-state index contributed by atoms with van der Waals surface area (Å²) >= 11 is 0. The van der Waals surface area contributed by atoms with Gasteiger partial charge in [0.1, 0.15) is 11.5 Å². The van der Waals surface area contributed by atoms with Crippen LogP contribution in [0.3, 0.4) is 0 Å². The van der Waals surface area contributed by atoms with E-state index >= 15 is 0 Å². The van der Waals surface area contributed by atoms with E-state index in [1.165, 1.54) is 24.3 Å². The summed E-state index contributed by atoms with van der Waals surface area (Å²) in [5.41, 5.74) is 0. The Kier molecular flexibility index (Phi) is 1.71. The molecule has 1 heterocycles. The van der Waals surface area contributed by atoms with Gasteiger partial charge in [-0.1, -0.05) is 0 Å². The summed E-state index contributed by atoms with van der Waals surface area (Å²) in [6, 6.07) is 9.22. The Balaban J connectivity index is 2.10. The molecule has 2 aromatic carbocycles. The van der Waals surface area contributed by atoms with Gasteiger partial charge in [0.25, 0.3) is 0 Å². The van der Waals surface area contributed by atoms with Gasteiger partial charge in [0.15, 0.2) is 23.0 Å². The second-order valence-corrected chi connectivity index (χ2v) is 3.47. The van der Waals surface area contributed by atoms with Crippen molar-refractivity contribution in [3.8, 4) is 34.5 Å². The second kappa shape index (κ2) is 3.06. The zero-order valence-corrected chi connectivity index (χ0v) is 8.18. The number of hydrogen-bond donors (Lipinski definition) is 2. The standard InChI is InChI=1S/C12H8O4/c13-7-1-3-9-11(5-7)16-12-6-8(14)2-4-10(12)15-9/h1-6,13-14H. The fraction of sp³-hybridized carbons (Fsp3) is 0. The smallest absolute Gasteiger partial charge is 0.173 e. The molecule has 0 aliphatic carbocycles. The lowest BCUT2D eigenvalue weighted by Crippen LogP contribution is -1.98. The Morgan fingerprint density at radius 3 is 1.56 bits per heavy atom. The van der Waals surface area contributed by atoms with Crippen LogP contribution in [0.2, 0.25) is 0 Å². The van der Waals surface area contributed by atoms with Gasteiger partial charge < -0.3 is 19.7 Å². The van der Waals surface area contributed by atoms with Crippen molar-refractivity contribution in [2.24, 2.45) is 0 Å². The highest BCUT2D eigenvalue weighted by Crippen LogP contribution is 2.47. The summed E-state index contributed by atoms with van der Waals surface area (Å²) in [5.74, 6) is 2.14. The number of benzene rings is 2. The second-order valence-electron chi connectivity index (χ2n) is 3.47. The molecule has 16 heavy (non-hydrogen) atoms. The van der Waals surface area contributed by atoms with Crippen LogP contribution in [0.4, 0.5) is 0 Å². The largest absolute Gasteiger partial charge is 0.508 e. The van der Waals surface area contributed by atoms with Crippen LogP contribution in [0.15, 0.2) is 36.4 Å². The van der Waals surface area contributed by atoms with Crippen LogP contribution >= 0.6 is 0 Å². The number of hydrogen-bond acceptors (Lipinski definition) is 4. The molecule has 80 valence electrons. The maximum absolute atomic E-state index is 9.31. The highest BCUT2D eigenvalue weighted by molar-refractivity contribution is 5.57. The highest BCUT2D eigenvalue weighted by Gasteiger charge is 2.19. The van der Waals surface area contributed by atoms with Gasteiger partial charge in [-0.15, -0.1) is 0 Å². The van der Waals surface area contributed by atoms with Gasteiger partial charge in [-0.25, -0.2) is 0 Å². The van der Waals surface area contributed by atoms with Gasteiger partial charge in [0.2, 0.25) is 0 Å². The average molecular weight is 216 g/mol. The molecule has 0 unspecified atom stereocenters. The van der Waals surface area contributed by atoms with Crippen LogP contribution in [-0.2, 0) is 0 Å². The predicted molar refractivity (Wildman–Crippen MR) is 56.4 cm³/mol. The van der Waals surface area contributed by atoms with Crippen molar-refractivity contribution in [3.05, 3.63) is 36.4 Å². The van der Waals surface area contributed by atoms with E-state index in [0.717, 1.165) is 0 Å². The van der Waals surface area contributed by atoms with Crippen LogP contribution in [0.5, 0.6) is 34.5 Å². The number of rotatable bonds is 0. The topological polar surface area (TPSA) is 58.9 Å². The van der Waals surface area contributed by atoms with E-state index in [4.69, 9.17) is 9.47 Å². The lowest BCUT2D eigenvalue weighted by molar-refractivity contribution is 0.352. The van der Waals surface area contributed by atoms with E-state index in [1.54, 1.807) is 12.1 Å². The Morgan fingerprint density at radius 1 is 0.625 bits per heavy atom. The van der Waals surface area contributed by atoms with Crippen LogP contribution in [0, 0.1) is 0 Å². The summed E-state index contributed by atoms with van der Waals surface area (Å²) in [6.45, 7) is 0. The average Bonchev–Trinajstić information content (AvgIpc) is 2.26. The lowest BCUT2D eigenvalue weighted by atomic mass is 10.2. The Bertz CT molecular complexity index is 513. The van der Waals surface area contributed by atoms with E-state index in [9.17, 15) is 10.2 Å². The van der Waals surface area contributed by atoms with Crippen molar-refractivity contribution in [3.63, 3.8) is 0 Å². The molecule has 0 bridgehead atoms. The molecule has 0 radical (unpaired) electrons. The molecule has 3 rings (SSSR count). The minimum atomic E-state index is 0.103. The third-order valence-electron chi connectivity index (χ3n) is 2.29. The first-order valence-corrected chi connectivity index (χ1v) is 4.74. The van der Waals surface area contributed by atoms with Gasteiger partial charge in [0, 0.05) is 12.1 Å². The van der Waals surface area contributed by atoms with Gasteiger partial charge >= 0.3 is 0 Å². The normalized spacial score (nSPS) is 12.0. The first-order valence-electron chi connectivity index (χ1n) is 4.74. The third-order valence-corrected chi connectivity index (χ3v) is 2.29. The van der Waals surface area contributed by atoms with Gasteiger partial charge in [-0.05, 0) is 24.3 Å². The number of phenols is 2. The fourth-order valence-corrected chi connectivity index (χ4v) is 1.56. The van der Waals surface area contributed by atoms with Crippen LogP contribution < -0.4 is 9.47 Å². The van der Waals surface area contributed by atoms with E-state index in [0.29, 0.717) is 23.0 Å². The molecule has 0 amide bonds. The molecule has 1 aliphatic rings. The summed E-state index contributed by atoms with van der Waals surface area (Å²) in [7, 11) is 0. The Hall–Kier alpha value is -2.36. The van der Waals surface area contributed by atoms with Gasteiger partial charge in [0.05, 0.1) is 0 Å². The monoisotopic (exact) mass is 216 g/mol. The predicted octanol–water partition coefficient (Wildman–Crippen LogP) is 3.00. The zero-order chi connectivity index (χ0) is 11.1. The lowest BCUT2D eigenvalue weighted by Gasteiger charge is -2.20. The molecule has 0 atom stereocenters. The van der Waals surface area contributed by atoms with Crippen LogP contribution in [-0.4, -0.2) is 10.2 Å². The minimum Gasteiger partial charge on any atom is -0.508 e. The van der Waals surface area contributed by atoms with Crippen molar-refractivity contribution in [2.75, 3.05) is 0 Å². The number of phenolic OH excluding ortho intramolecular Hbond substituents is 2. The molecular weight excluding hydrogens is 208 g/mol. The molecule has 0 spiro atoms. The summed E-state index contributed by atoms with van der Waals surface area (Å²) < 4.78 is 11.0. The van der Waals surface area contributed by atoms with Crippen molar-refractivity contribution >= 4 is 0 Å². The number of ether oxygens (including phenoxy) is 2. The molecular formula is C12H8O4. The number of aromatic hydroxyl groups is 2. The van der Waals surface area contributed by atoms with Crippen molar-refractivity contribution in [2.45, 2.75) is 0 Å². The summed E-state index contributed by atoms with van der Waals surface area (Å²) in [6.07, 6.45) is 0. The SMILES string of the molecule is Oc1ccc2c(c1)Oc1cc(O)ccc1O2. The summed E-state index contributed by atoms with van der Waals surface area (Å²) in [5, 5.41) is 18.6. The molecule has 2 N–H and O–H groups in total. The molecule has 1 aliphatic heterocycles. The molecule has 0 fully saturated rings. The molecule has 4 heteroatoms. The van der Waals surface area contributed by atoms with Crippen molar-refractivity contribution in [1.82, 2.24) is 0 Å². The van der Waals surface area contributed by atoms with Gasteiger partial charge in [-0.2, -0.15) is 0 Å². The first-order chi connectivity index (χ1) is 7.72. The molecule has 0 saturated carbocycles. The maximum atomic E-state index is 9.31.